The van der Waals surface area contributed by atoms with E-state index in [1.54, 1.807) is 7.05 Å². The summed E-state index contributed by atoms with van der Waals surface area (Å²) in [6.07, 6.45) is 4.83. The lowest BCUT2D eigenvalue weighted by atomic mass is 9.96. The molecule has 0 saturated heterocycles. The molecule has 0 heterocycles. The zero-order valence-corrected chi connectivity index (χ0v) is 14.1. The van der Waals surface area contributed by atoms with Gasteiger partial charge in [-0.15, -0.1) is 0 Å². The van der Waals surface area contributed by atoms with Crippen molar-refractivity contribution in [1.82, 2.24) is 4.31 Å². The van der Waals surface area contributed by atoms with E-state index in [0.29, 0.717) is 0 Å². The number of sulfonamides is 1. The third-order valence-electron chi connectivity index (χ3n) is 3.85. The summed E-state index contributed by atoms with van der Waals surface area (Å²) in [7, 11) is -0.837. The van der Waals surface area contributed by atoms with E-state index in [-0.39, 0.29) is 15.8 Å². The van der Waals surface area contributed by atoms with Crippen molar-refractivity contribution >= 4 is 29.8 Å². The zero-order chi connectivity index (χ0) is 15.7. The molecule has 1 aliphatic carbocycles. The summed E-state index contributed by atoms with van der Waals surface area (Å²) >= 11 is 0. The molecule has 0 atom stereocenters. The van der Waals surface area contributed by atoms with Crippen LogP contribution in [0.25, 0.3) is 0 Å². The summed E-state index contributed by atoms with van der Waals surface area (Å²) < 4.78 is 49.2. The van der Waals surface area contributed by atoms with Crippen LogP contribution in [0.5, 0.6) is 0 Å². The Labute approximate surface area is 130 Å². The van der Waals surface area contributed by atoms with Gasteiger partial charge in [0.25, 0.3) is 9.05 Å². The fourth-order valence-corrected chi connectivity index (χ4v) is 4.93. The second-order valence-electron chi connectivity index (χ2n) is 5.23. The molecule has 1 aliphatic rings. The monoisotopic (exact) mass is 351 g/mol. The fraction of sp³-hybridized carbons (Fsp3) is 0.538. The second kappa shape index (κ2) is 6.24. The summed E-state index contributed by atoms with van der Waals surface area (Å²) in [5.74, 6) is 0. The van der Waals surface area contributed by atoms with Gasteiger partial charge in [0.1, 0.15) is 0 Å². The second-order valence-corrected chi connectivity index (χ2v) is 9.79. The van der Waals surface area contributed by atoms with Crippen LogP contribution in [-0.2, 0) is 19.1 Å². The summed E-state index contributed by atoms with van der Waals surface area (Å²) in [5.41, 5.74) is 0. The highest BCUT2D eigenvalue weighted by molar-refractivity contribution is 8.13. The van der Waals surface area contributed by atoms with Crippen molar-refractivity contribution in [1.29, 1.82) is 0 Å². The molecule has 0 aromatic heterocycles. The van der Waals surface area contributed by atoms with Crippen molar-refractivity contribution in [3.8, 4) is 0 Å². The van der Waals surface area contributed by atoms with Gasteiger partial charge in [-0.1, -0.05) is 25.3 Å². The molecular weight excluding hydrogens is 334 g/mol. The highest BCUT2D eigenvalue weighted by Crippen LogP contribution is 2.27. The van der Waals surface area contributed by atoms with E-state index in [4.69, 9.17) is 10.7 Å². The standard InChI is InChI=1S/C13H18ClNO4S2/c1-15(11-6-3-2-4-7-11)21(18,19)13-9-5-8-12(10-13)20(14,16)17/h5,8-11H,2-4,6-7H2,1H3. The molecule has 0 aliphatic heterocycles. The first-order valence-electron chi connectivity index (χ1n) is 6.76. The Morgan fingerprint density at radius 3 is 2.19 bits per heavy atom. The molecule has 0 radical (unpaired) electrons. The first kappa shape index (κ1) is 16.7. The van der Waals surface area contributed by atoms with Gasteiger partial charge in [-0.2, -0.15) is 4.31 Å². The first-order valence-corrected chi connectivity index (χ1v) is 10.5. The van der Waals surface area contributed by atoms with Gasteiger partial charge in [0.15, 0.2) is 0 Å². The smallest absolute Gasteiger partial charge is 0.207 e. The molecule has 0 amide bonds. The van der Waals surface area contributed by atoms with Gasteiger partial charge < -0.3 is 0 Å². The van der Waals surface area contributed by atoms with E-state index in [0.717, 1.165) is 38.2 Å². The lowest BCUT2D eigenvalue weighted by Crippen LogP contribution is -2.38. The van der Waals surface area contributed by atoms with E-state index in [9.17, 15) is 16.8 Å². The Bertz CT molecular complexity index is 709. The quantitative estimate of drug-likeness (QED) is 0.781. The summed E-state index contributed by atoms with van der Waals surface area (Å²) in [4.78, 5) is -0.250. The third kappa shape index (κ3) is 3.77. The van der Waals surface area contributed by atoms with Crippen LogP contribution in [0.15, 0.2) is 34.1 Å². The van der Waals surface area contributed by atoms with Crippen LogP contribution in [0, 0.1) is 0 Å². The molecule has 0 N–H and O–H groups in total. The topological polar surface area (TPSA) is 71.5 Å². The van der Waals surface area contributed by atoms with Crippen LogP contribution in [0.1, 0.15) is 32.1 Å². The van der Waals surface area contributed by atoms with Crippen LogP contribution in [-0.4, -0.2) is 34.2 Å². The minimum atomic E-state index is -3.95. The zero-order valence-electron chi connectivity index (χ0n) is 11.7. The maximum atomic E-state index is 12.6. The predicted octanol–water partition coefficient (Wildman–Crippen LogP) is 2.57. The average Bonchev–Trinajstić information content (AvgIpc) is 2.46. The van der Waals surface area contributed by atoms with Crippen molar-refractivity contribution in [3.05, 3.63) is 24.3 Å². The number of benzene rings is 1. The highest BCUT2D eigenvalue weighted by Gasteiger charge is 2.29. The molecule has 8 heteroatoms. The number of hydrogen-bond donors (Lipinski definition) is 0. The Morgan fingerprint density at radius 2 is 1.62 bits per heavy atom. The van der Waals surface area contributed by atoms with Crippen molar-refractivity contribution in [3.63, 3.8) is 0 Å². The molecule has 0 spiro atoms. The number of hydrogen-bond acceptors (Lipinski definition) is 4. The number of halogens is 1. The van der Waals surface area contributed by atoms with Crippen LogP contribution < -0.4 is 0 Å². The Hall–Kier alpha value is -0.630. The minimum Gasteiger partial charge on any atom is -0.207 e. The molecular formula is C13H18ClNO4S2. The molecule has 1 aromatic carbocycles. The van der Waals surface area contributed by atoms with Crippen LogP contribution >= 0.6 is 10.7 Å². The van der Waals surface area contributed by atoms with E-state index in [2.05, 4.69) is 0 Å². The van der Waals surface area contributed by atoms with Crippen molar-refractivity contribution < 1.29 is 16.8 Å². The van der Waals surface area contributed by atoms with Crippen LogP contribution in [0.3, 0.4) is 0 Å². The number of nitrogens with zero attached hydrogens (tertiary/aromatic N) is 1. The molecule has 2 rings (SSSR count). The molecule has 1 saturated carbocycles. The molecule has 5 nitrogen and oxygen atoms in total. The lowest BCUT2D eigenvalue weighted by Gasteiger charge is -2.30. The van der Waals surface area contributed by atoms with Crippen molar-refractivity contribution in [2.45, 2.75) is 47.9 Å². The Kier molecular flexibility index (Phi) is 4.97. The minimum absolute atomic E-state index is 0.0278. The third-order valence-corrected chi connectivity index (χ3v) is 7.11. The maximum Gasteiger partial charge on any atom is 0.261 e. The lowest BCUT2D eigenvalue weighted by molar-refractivity contribution is 0.286. The summed E-state index contributed by atoms with van der Waals surface area (Å²) in [6, 6.07) is 5.13. The average molecular weight is 352 g/mol. The molecule has 118 valence electrons. The van der Waals surface area contributed by atoms with Crippen molar-refractivity contribution in [2.75, 3.05) is 7.05 Å². The first-order chi connectivity index (χ1) is 9.73. The van der Waals surface area contributed by atoms with Gasteiger partial charge in [-0.3, -0.25) is 0 Å². The van der Waals surface area contributed by atoms with Gasteiger partial charge in [0.05, 0.1) is 9.79 Å². The van der Waals surface area contributed by atoms with Gasteiger partial charge in [0, 0.05) is 23.8 Å². The van der Waals surface area contributed by atoms with E-state index in [1.807, 2.05) is 0 Å². The van der Waals surface area contributed by atoms with E-state index >= 15 is 0 Å². The molecule has 0 unspecified atom stereocenters. The Morgan fingerprint density at radius 1 is 1.05 bits per heavy atom. The Balaban J connectivity index is 2.35. The fourth-order valence-electron chi connectivity index (χ4n) is 2.59. The maximum absolute atomic E-state index is 12.6. The SMILES string of the molecule is CN(C1CCCCC1)S(=O)(=O)c1cccc(S(=O)(=O)Cl)c1. The molecule has 0 bridgehead atoms. The highest BCUT2D eigenvalue weighted by atomic mass is 35.7. The summed E-state index contributed by atoms with van der Waals surface area (Å²) in [6.45, 7) is 0. The van der Waals surface area contributed by atoms with E-state index < -0.39 is 19.1 Å². The molecule has 1 aromatic rings. The summed E-state index contributed by atoms with van der Waals surface area (Å²) in [5, 5.41) is 0. The van der Waals surface area contributed by atoms with Crippen LogP contribution in [0.2, 0.25) is 0 Å². The number of rotatable bonds is 4. The van der Waals surface area contributed by atoms with Crippen molar-refractivity contribution in [2.24, 2.45) is 0 Å². The largest absolute Gasteiger partial charge is 0.261 e. The van der Waals surface area contributed by atoms with Gasteiger partial charge in [-0.25, -0.2) is 16.8 Å². The van der Waals surface area contributed by atoms with Gasteiger partial charge in [0.2, 0.25) is 10.0 Å². The van der Waals surface area contributed by atoms with Gasteiger partial charge >= 0.3 is 0 Å². The van der Waals surface area contributed by atoms with E-state index in [1.165, 1.54) is 22.5 Å². The molecule has 21 heavy (non-hydrogen) atoms. The van der Waals surface area contributed by atoms with Crippen LogP contribution in [0.4, 0.5) is 0 Å². The predicted molar refractivity (Wildman–Crippen MR) is 81.3 cm³/mol. The van der Waals surface area contributed by atoms with Gasteiger partial charge in [-0.05, 0) is 31.0 Å². The molecule has 1 fully saturated rings. The normalized spacial score (nSPS) is 18.0.